The Balaban J connectivity index is 1.98. The second kappa shape index (κ2) is 4.99. The summed E-state index contributed by atoms with van der Waals surface area (Å²) < 4.78 is 10.5. The van der Waals surface area contributed by atoms with Crippen molar-refractivity contribution >= 4 is 11.8 Å². The molecule has 80 valence electrons. The molecule has 2 aromatic heterocycles. The molecule has 0 aliphatic rings. The maximum absolute atomic E-state index is 5.38. The van der Waals surface area contributed by atoms with Gasteiger partial charge in [-0.25, -0.2) is 0 Å². The first kappa shape index (κ1) is 10.3. The van der Waals surface area contributed by atoms with E-state index >= 15 is 0 Å². The van der Waals surface area contributed by atoms with Crippen LogP contribution in [0.5, 0.6) is 0 Å². The average molecular weight is 225 g/mol. The van der Waals surface area contributed by atoms with E-state index in [2.05, 4.69) is 10.2 Å². The van der Waals surface area contributed by atoms with Crippen molar-refractivity contribution in [1.82, 2.24) is 10.2 Å². The molecule has 5 nitrogen and oxygen atoms in total. The number of hydrogen-bond acceptors (Lipinski definition) is 6. The van der Waals surface area contributed by atoms with Crippen LogP contribution < -0.4 is 5.73 Å². The summed E-state index contributed by atoms with van der Waals surface area (Å²) in [6, 6.07) is 3.56. The Labute approximate surface area is 91.0 Å². The Kier molecular flexibility index (Phi) is 3.41. The zero-order valence-corrected chi connectivity index (χ0v) is 8.87. The Bertz CT molecular complexity index is 399. The van der Waals surface area contributed by atoms with Crippen molar-refractivity contribution in [3.63, 3.8) is 0 Å². The van der Waals surface area contributed by atoms with Gasteiger partial charge in [0.2, 0.25) is 0 Å². The first-order valence-corrected chi connectivity index (χ1v) is 5.59. The van der Waals surface area contributed by atoms with Crippen molar-refractivity contribution in [3.05, 3.63) is 18.4 Å². The van der Waals surface area contributed by atoms with Crippen LogP contribution in [0.25, 0.3) is 11.7 Å². The van der Waals surface area contributed by atoms with Crippen LogP contribution in [0, 0.1) is 0 Å². The summed E-state index contributed by atoms with van der Waals surface area (Å²) in [6.45, 7) is 0.673. The van der Waals surface area contributed by atoms with E-state index in [4.69, 9.17) is 14.6 Å². The van der Waals surface area contributed by atoms with E-state index in [0.29, 0.717) is 23.4 Å². The van der Waals surface area contributed by atoms with Crippen molar-refractivity contribution in [2.75, 3.05) is 12.3 Å². The lowest BCUT2D eigenvalue weighted by Gasteiger charge is -1.91. The lowest BCUT2D eigenvalue weighted by molar-refractivity contribution is 0.447. The molecule has 0 fully saturated rings. The van der Waals surface area contributed by atoms with Crippen molar-refractivity contribution in [1.29, 1.82) is 0 Å². The van der Waals surface area contributed by atoms with Gasteiger partial charge in [-0.3, -0.25) is 0 Å². The highest BCUT2D eigenvalue weighted by Gasteiger charge is 2.10. The maximum atomic E-state index is 5.38. The van der Waals surface area contributed by atoms with Crippen LogP contribution in [0.15, 0.2) is 32.5 Å². The highest BCUT2D eigenvalue weighted by atomic mass is 32.2. The van der Waals surface area contributed by atoms with Gasteiger partial charge in [-0.15, -0.1) is 10.2 Å². The first-order chi connectivity index (χ1) is 7.40. The fraction of sp³-hybridized carbons (Fsp3) is 0.333. The molecule has 0 saturated carbocycles. The zero-order valence-electron chi connectivity index (χ0n) is 8.05. The van der Waals surface area contributed by atoms with E-state index in [1.807, 2.05) is 0 Å². The van der Waals surface area contributed by atoms with Gasteiger partial charge in [-0.2, -0.15) is 0 Å². The number of nitrogens with zero attached hydrogens (tertiary/aromatic N) is 2. The third-order valence-corrected chi connectivity index (χ3v) is 2.62. The number of nitrogens with two attached hydrogens (primary N) is 1. The minimum Gasteiger partial charge on any atom is -0.459 e. The second-order valence-electron chi connectivity index (χ2n) is 2.84. The van der Waals surface area contributed by atoms with E-state index < -0.39 is 0 Å². The van der Waals surface area contributed by atoms with E-state index in [-0.39, 0.29) is 0 Å². The lowest BCUT2D eigenvalue weighted by atomic mass is 10.5. The number of rotatable bonds is 5. The fourth-order valence-electron chi connectivity index (χ4n) is 1.01. The van der Waals surface area contributed by atoms with Crippen molar-refractivity contribution in [3.8, 4) is 11.7 Å². The molecule has 0 spiro atoms. The molecular formula is C9H11N3O2S. The van der Waals surface area contributed by atoms with E-state index in [1.54, 1.807) is 18.4 Å². The van der Waals surface area contributed by atoms with Gasteiger partial charge in [0.15, 0.2) is 5.76 Å². The van der Waals surface area contributed by atoms with Crippen LogP contribution in [0.2, 0.25) is 0 Å². The molecule has 0 bridgehead atoms. The summed E-state index contributed by atoms with van der Waals surface area (Å²) in [5.41, 5.74) is 5.38. The molecule has 0 aliphatic heterocycles. The van der Waals surface area contributed by atoms with Crippen molar-refractivity contribution in [2.24, 2.45) is 5.73 Å². The molecule has 2 N–H and O–H groups in total. The van der Waals surface area contributed by atoms with Crippen molar-refractivity contribution < 1.29 is 8.83 Å². The summed E-state index contributed by atoms with van der Waals surface area (Å²) in [5, 5.41) is 8.32. The van der Waals surface area contributed by atoms with Crippen molar-refractivity contribution in [2.45, 2.75) is 11.6 Å². The Morgan fingerprint density at radius 3 is 3.07 bits per heavy atom. The highest BCUT2D eigenvalue weighted by molar-refractivity contribution is 7.99. The summed E-state index contributed by atoms with van der Waals surface area (Å²) in [6.07, 6.45) is 2.50. The monoisotopic (exact) mass is 225 g/mol. The van der Waals surface area contributed by atoms with Gasteiger partial charge in [0.25, 0.3) is 11.1 Å². The molecule has 0 amide bonds. The third kappa shape index (κ3) is 2.60. The molecule has 2 heterocycles. The van der Waals surface area contributed by atoms with Gasteiger partial charge >= 0.3 is 0 Å². The Morgan fingerprint density at radius 2 is 2.33 bits per heavy atom. The molecule has 0 atom stereocenters. The van der Waals surface area contributed by atoms with Crippen LogP contribution in [-0.2, 0) is 0 Å². The molecule has 0 aromatic carbocycles. The summed E-state index contributed by atoms with van der Waals surface area (Å²) >= 11 is 1.50. The number of furan rings is 1. The Morgan fingerprint density at radius 1 is 1.40 bits per heavy atom. The smallest absolute Gasteiger partial charge is 0.284 e. The first-order valence-electron chi connectivity index (χ1n) is 4.60. The van der Waals surface area contributed by atoms with Crippen LogP contribution in [0.1, 0.15) is 6.42 Å². The van der Waals surface area contributed by atoms with Gasteiger partial charge in [0, 0.05) is 5.75 Å². The average Bonchev–Trinajstić information content (AvgIpc) is 2.87. The van der Waals surface area contributed by atoms with Gasteiger partial charge in [-0.05, 0) is 25.1 Å². The normalized spacial score (nSPS) is 10.7. The third-order valence-electron chi connectivity index (χ3n) is 1.71. The van der Waals surface area contributed by atoms with Gasteiger partial charge in [0.1, 0.15) is 0 Å². The van der Waals surface area contributed by atoms with Crippen LogP contribution >= 0.6 is 11.8 Å². The minimum atomic E-state index is 0.412. The van der Waals surface area contributed by atoms with E-state index in [0.717, 1.165) is 12.2 Å². The van der Waals surface area contributed by atoms with Crippen LogP contribution in [-0.4, -0.2) is 22.5 Å². The molecule has 2 rings (SSSR count). The molecule has 15 heavy (non-hydrogen) atoms. The standard InChI is InChI=1S/C9H11N3O2S/c10-4-2-6-15-9-12-11-8(14-9)7-3-1-5-13-7/h1,3,5H,2,4,6,10H2. The number of hydrogen-bond donors (Lipinski definition) is 1. The maximum Gasteiger partial charge on any atom is 0.284 e. The SMILES string of the molecule is NCCCSc1nnc(-c2ccco2)o1. The van der Waals surface area contributed by atoms with E-state index in [1.165, 1.54) is 11.8 Å². The molecule has 0 unspecified atom stereocenters. The van der Waals surface area contributed by atoms with Gasteiger partial charge in [-0.1, -0.05) is 11.8 Å². The van der Waals surface area contributed by atoms with Crippen LogP contribution in [0.4, 0.5) is 0 Å². The molecule has 2 aromatic rings. The predicted octanol–water partition coefficient (Wildman–Crippen LogP) is 1.77. The quantitative estimate of drug-likeness (QED) is 0.617. The highest BCUT2D eigenvalue weighted by Crippen LogP contribution is 2.23. The molecule has 0 saturated heterocycles. The second-order valence-corrected chi connectivity index (χ2v) is 3.89. The fourth-order valence-corrected chi connectivity index (χ4v) is 1.73. The minimum absolute atomic E-state index is 0.412. The van der Waals surface area contributed by atoms with E-state index in [9.17, 15) is 0 Å². The summed E-state index contributed by atoms with van der Waals surface area (Å²) in [7, 11) is 0. The molecular weight excluding hydrogens is 214 g/mol. The molecule has 0 aliphatic carbocycles. The lowest BCUT2D eigenvalue weighted by Crippen LogP contribution is -1.99. The van der Waals surface area contributed by atoms with Crippen LogP contribution in [0.3, 0.4) is 0 Å². The zero-order chi connectivity index (χ0) is 10.5. The van der Waals surface area contributed by atoms with Gasteiger partial charge in [0.05, 0.1) is 6.26 Å². The summed E-state index contributed by atoms with van der Waals surface area (Å²) in [4.78, 5) is 0. The topological polar surface area (TPSA) is 78.1 Å². The number of thioether (sulfide) groups is 1. The van der Waals surface area contributed by atoms with Gasteiger partial charge < -0.3 is 14.6 Å². The Hall–Kier alpha value is -1.27. The largest absolute Gasteiger partial charge is 0.459 e. The molecule has 0 radical (unpaired) electrons. The predicted molar refractivity (Wildman–Crippen MR) is 56.4 cm³/mol. The molecule has 6 heteroatoms. The summed E-state index contributed by atoms with van der Waals surface area (Å²) in [5.74, 6) is 1.89. The number of aromatic nitrogens is 2.